The SMILES string of the molecule is COc1nc(-c2cccc(-c3cccc(-c4cnc(CNCCOc5ccccn5)c(OC)n4)c3Cl)c2Cl)cnc1CCC[C@@H]1CCC(=O)N1. The minimum absolute atomic E-state index is 0.121. The van der Waals surface area contributed by atoms with E-state index in [2.05, 4.69) is 25.6 Å². The van der Waals surface area contributed by atoms with E-state index in [1.807, 2.05) is 54.6 Å². The molecule has 13 heteroatoms. The topological polar surface area (TPSA) is 133 Å². The van der Waals surface area contributed by atoms with E-state index < -0.39 is 0 Å². The van der Waals surface area contributed by atoms with Gasteiger partial charge in [-0.05, 0) is 31.7 Å². The van der Waals surface area contributed by atoms with Crippen LogP contribution in [-0.2, 0) is 17.8 Å². The predicted molar refractivity (Wildman–Crippen MR) is 193 cm³/mol. The third-order valence-corrected chi connectivity index (χ3v) is 9.17. The number of nitrogens with one attached hydrogen (secondary N) is 2. The van der Waals surface area contributed by atoms with Crippen LogP contribution in [0.5, 0.6) is 17.6 Å². The van der Waals surface area contributed by atoms with Gasteiger partial charge in [-0.3, -0.25) is 14.8 Å². The highest BCUT2D eigenvalue weighted by molar-refractivity contribution is 6.39. The van der Waals surface area contributed by atoms with Gasteiger partial charge in [-0.1, -0.05) is 65.7 Å². The lowest BCUT2D eigenvalue weighted by molar-refractivity contribution is -0.119. The van der Waals surface area contributed by atoms with E-state index in [1.165, 1.54) is 0 Å². The summed E-state index contributed by atoms with van der Waals surface area (Å²) < 4.78 is 16.8. The molecule has 1 aliphatic heterocycles. The van der Waals surface area contributed by atoms with E-state index in [4.69, 9.17) is 47.4 Å². The summed E-state index contributed by atoms with van der Waals surface area (Å²) in [5.41, 5.74) is 5.39. The minimum atomic E-state index is 0.121. The summed E-state index contributed by atoms with van der Waals surface area (Å²) >= 11 is 14.1. The molecular formula is C37H37Cl2N7O4. The number of aromatic nitrogens is 5. The highest BCUT2D eigenvalue weighted by atomic mass is 35.5. The average Bonchev–Trinajstić information content (AvgIpc) is 3.57. The number of carbonyl (C=O) groups is 1. The van der Waals surface area contributed by atoms with E-state index >= 15 is 0 Å². The maximum absolute atomic E-state index is 11.5. The first-order chi connectivity index (χ1) is 24.4. The predicted octanol–water partition coefficient (Wildman–Crippen LogP) is 6.76. The van der Waals surface area contributed by atoms with E-state index in [0.717, 1.165) is 36.1 Å². The Morgan fingerprint density at radius 3 is 2.06 bits per heavy atom. The first-order valence-electron chi connectivity index (χ1n) is 16.4. The Bertz CT molecular complexity index is 1950. The Morgan fingerprint density at radius 1 is 0.820 bits per heavy atom. The van der Waals surface area contributed by atoms with Crippen LogP contribution >= 0.6 is 23.2 Å². The number of aryl methyl sites for hydroxylation is 1. The largest absolute Gasteiger partial charge is 0.480 e. The summed E-state index contributed by atoms with van der Waals surface area (Å²) in [5.74, 6) is 1.54. The van der Waals surface area contributed by atoms with Gasteiger partial charge in [0.2, 0.25) is 23.5 Å². The first kappa shape index (κ1) is 35.0. The van der Waals surface area contributed by atoms with Crippen molar-refractivity contribution in [3.8, 4) is 51.3 Å². The lowest BCUT2D eigenvalue weighted by atomic mass is 9.98. The number of nitrogens with zero attached hydrogens (tertiary/aromatic N) is 5. The van der Waals surface area contributed by atoms with Crippen molar-refractivity contribution in [1.29, 1.82) is 0 Å². The zero-order valence-electron chi connectivity index (χ0n) is 27.8. The molecule has 0 aliphatic carbocycles. The first-order valence-corrected chi connectivity index (χ1v) is 17.1. The fraction of sp³-hybridized carbons (Fsp3) is 0.297. The second kappa shape index (κ2) is 16.7. The zero-order valence-corrected chi connectivity index (χ0v) is 29.3. The second-order valence-corrected chi connectivity index (χ2v) is 12.4. The van der Waals surface area contributed by atoms with Crippen LogP contribution in [0.4, 0.5) is 0 Å². The van der Waals surface area contributed by atoms with E-state index in [-0.39, 0.29) is 11.9 Å². The molecule has 0 bridgehead atoms. The Morgan fingerprint density at radius 2 is 1.46 bits per heavy atom. The number of halogens is 2. The highest BCUT2D eigenvalue weighted by Gasteiger charge is 2.22. The van der Waals surface area contributed by atoms with Gasteiger partial charge in [-0.2, -0.15) is 0 Å². The van der Waals surface area contributed by atoms with Gasteiger partial charge >= 0.3 is 0 Å². The molecule has 11 nitrogen and oxygen atoms in total. The smallest absolute Gasteiger partial charge is 0.237 e. The highest BCUT2D eigenvalue weighted by Crippen LogP contribution is 2.42. The number of rotatable bonds is 15. The molecule has 3 aromatic heterocycles. The van der Waals surface area contributed by atoms with E-state index in [0.29, 0.717) is 88.4 Å². The van der Waals surface area contributed by atoms with Gasteiger partial charge < -0.3 is 24.8 Å². The third-order valence-electron chi connectivity index (χ3n) is 8.36. The molecule has 1 saturated heterocycles. The molecule has 4 heterocycles. The summed E-state index contributed by atoms with van der Waals surface area (Å²) in [6, 6.07) is 17.2. The Kier molecular flexibility index (Phi) is 11.7. The lowest BCUT2D eigenvalue weighted by Crippen LogP contribution is -2.25. The summed E-state index contributed by atoms with van der Waals surface area (Å²) in [5, 5.41) is 7.26. The monoisotopic (exact) mass is 713 g/mol. The molecule has 6 rings (SSSR count). The molecule has 0 unspecified atom stereocenters. The molecule has 0 saturated carbocycles. The number of ether oxygens (including phenoxy) is 3. The number of carbonyl (C=O) groups excluding carboxylic acids is 1. The fourth-order valence-corrected chi connectivity index (χ4v) is 6.47. The molecule has 1 amide bonds. The molecule has 5 aromatic rings. The van der Waals surface area contributed by atoms with Gasteiger partial charge in [0.25, 0.3) is 0 Å². The van der Waals surface area contributed by atoms with Crippen molar-refractivity contribution in [2.45, 2.75) is 44.7 Å². The van der Waals surface area contributed by atoms with E-state index in [1.54, 1.807) is 32.8 Å². The van der Waals surface area contributed by atoms with Gasteiger partial charge in [0.1, 0.15) is 18.0 Å². The zero-order chi connectivity index (χ0) is 34.9. The van der Waals surface area contributed by atoms with Crippen molar-refractivity contribution in [3.05, 3.63) is 94.6 Å². The molecule has 2 aromatic carbocycles. The summed E-state index contributed by atoms with van der Waals surface area (Å²) in [4.78, 5) is 34.5. The number of methoxy groups -OCH3 is 2. The van der Waals surface area contributed by atoms with Crippen LogP contribution in [-0.4, -0.2) is 64.2 Å². The molecule has 1 atom stereocenters. The molecule has 50 heavy (non-hydrogen) atoms. The maximum Gasteiger partial charge on any atom is 0.237 e. The van der Waals surface area contributed by atoms with Crippen molar-refractivity contribution in [3.63, 3.8) is 0 Å². The Hall–Kier alpha value is -4.84. The van der Waals surface area contributed by atoms with Gasteiger partial charge in [0.05, 0.1) is 48.0 Å². The van der Waals surface area contributed by atoms with Crippen molar-refractivity contribution in [1.82, 2.24) is 35.6 Å². The number of benzene rings is 2. The Balaban J connectivity index is 1.17. The van der Waals surface area contributed by atoms with Crippen LogP contribution in [0.3, 0.4) is 0 Å². The van der Waals surface area contributed by atoms with Gasteiger partial charge in [-0.25, -0.2) is 15.0 Å². The Labute approximate surface area is 300 Å². The summed E-state index contributed by atoms with van der Waals surface area (Å²) in [6.45, 7) is 1.47. The van der Waals surface area contributed by atoms with Gasteiger partial charge in [0, 0.05) is 60.1 Å². The van der Waals surface area contributed by atoms with Gasteiger partial charge in [0.15, 0.2) is 0 Å². The minimum Gasteiger partial charge on any atom is -0.480 e. The number of hydrogen-bond acceptors (Lipinski definition) is 10. The summed E-state index contributed by atoms with van der Waals surface area (Å²) in [7, 11) is 3.14. The molecular weight excluding hydrogens is 677 g/mol. The van der Waals surface area contributed by atoms with Crippen LogP contribution in [0.2, 0.25) is 10.0 Å². The third kappa shape index (κ3) is 8.30. The fourth-order valence-electron chi connectivity index (χ4n) is 5.83. The van der Waals surface area contributed by atoms with Gasteiger partial charge in [-0.15, -0.1) is 0 Å². The summed E-state index contributed by atoms with van der Waals surface area (Å²) in [6.07, 6.45) is 8.98. The number of pyridine rings is 1. The van der Waals surface area contributed by atoms with Crippen LogP contribution < -0.4 is 24.8 Å². The molecule has 1 aliphatic rings. The maximum atomic E-state index is 11.5. The lowest BCUT2D eigenvalue weighted by Gasteiger charge is -2.15. The van der Waals surface area contributed by atoms with Crippen LogP contribution in [0.15, 0.2) is 73.2 Å². The quantitative estimate of drug-likeness (QED) is 0.112. The van der Waals surface area contributed by atoms with Crippen molar-refractivity contribution in [2.75, 3.05) is 27.4 Å². The molecule has 2 N–H and O–H groups in total. The molecule has 0 radical (unpaired) electrons. The van der Waals surface area contributed by atoms with Crippen molar-refractivity contribution < 1.29 is 19.0 Å². The molecule has 258 valence electrons. The molecule has 1 fully saturated rings. The van der Waals surface area contributed by atoms with Crippen molar-refractivity contribution >= 4 is 29.1 Å². The van der Waals surface area contributed by atoms with Crippen LogP contribution in [0.25, 0.3) is 33.6 Å². The molecule has 0 spiro atoms. The van der Waals surface area contributed by atoms with Crippen LogP contribution in [0, 0.1) is 0 Å². The normalized spacial score (nSPS) is 14.0. The number of hydrogen-bond donors (Lipinski definition) is 2. The number of amides is 1. The second-order valence-electron chi connectivity index (χ2n) is 11.6. The van der Waals surface area contributed by atoms with E-state index in [9.17, 15) is 4.79 Å². The average molecular weight is 715 g/mol. The van der Waals surface area contributed by atoms with Crippen molar-refractivity contribution in [2.24, 2.45) is 0 Å². The van der Waals surface area contributed by atoms with Crippen LogP contribution in [0.1, 0.15) is 37.1 Å². The standard InChI is InChI=1S/C37H37Cl2N7O4/c1-48-36-28(13-5-8-23-15-16-32(47)44-23)42-21-29(45-36)26-11-6-9-24(34(26)38)25-10-7-12-27(35(25)39)30-22-43-31(37(46-30)49-2)20-40-18-19-50-33-14-3-4-17-41-33/h3-4,6-7,9-12,14,17,21-23,40H,5,8,13,15-16,18-20H2,1-2H3,(H,44,47)/t23-/m1/s1.